The third-order valence-corrected chi connectivity index (χ3v) is 2.96. The van der Waals surface area contributed by atoms with Crippen LogP contribution in [-0.2, 0) is 20.9 Å². The first kappa shape index (κ1) is 14.7. The Morgan fingerprint density at radius 1 is 1.33 bits per heavy atom. The van der Waals surface area contributed by atoms with E-state index in [1.54, 1.807) is 31.3 Å². The molecule has 0 radical (unpaired) electrons. The van der Waals surface area contributed by atoms with E-state index in [4.69, 9.17) is 4.74 Å². The number of para-hydroxylation sites is 1. The minimum atomic E-state index is -0.589. The summed E-state index contributed by atoms with van der Waals surface area (Å²) in [6.07, 6.45) is 1.26. The Morgan fingerprint density at radius 3 is 2.76 bits per heavy atom. The highest BCUT2D eigenvalue weighted by Crippen LogP contribution is 2.26. The van der Waals surface area contributed by atoms with Crippen LogP contribution in [0.4, 0.5) is 5.69 Å². The number of fused-ring (bicyclic) bond motifs is 1. The van der Waals surface area contributed by atoms with Crippen molar-refractivity contribution in [2.24, 2.45) is 0 Å². The fraction of sp³-hybridized carbons (Fsp3) is 0.286. The number of non-ortho nitro benzene ring substituents is 1. The van der Waals surface area contributed by atoms with Crippen molar-refractivity contribution in [1.82, 2.24) is 4.57 Å². The number of esters is 1. The monoisotopic (exact) mass is 290 g/mol. The van der Waals surface area contributed by atoms with Crippen LogP contribution >= 0.6 is 0 Å². The number of benzene rings is 1. The van der Waals surface area contributed by atoms with Crippen LogP contribution in [0, 0.1) is 10.1 Å². The van der Waals surface area contributed by atoms with Crippen molar-refractivity contribution in [3.63, 3.8) is 0 Å². The van der Waals surface area contributed by atoms with Crippen molar-refractivity contribution in [2.75, 3.05) is 6.61 Å². The Labute approximate surface area is 120 Å². The van der Waals surface area contributed by atoms with E-state index in [0.29, 0.717) is 10.9 Å². The number of nitrogens with zero attached hydrogens (tertiary/aromatic N) is 2. The molecular weight excluding hydrogens is 276 g/mol. The fourth-order valence-corrected chi connectivity index (χ4v) is 2.14. The molecule has 2 rings (SSSR count). The predicted molar refractivity (Wildman–Crippen MR) is 74.8 cm³/mol. The second kappa shape index (κ2) is 6.17. The zero-order valence-corrected chi connectivity index (χ0v) is 11.4. The van der Waals surface area contributed by atoms with Gasteiger partial charge < -0.3 is 9.30 Å². The Hall–Kier alpha value is -2.70. The summed E-state index contributed by atoms with van der Waals surface area (Å²) < 4.78 is 6.19. The summed E-state index contributed by atoms with van der Waals surface area (Å²) in [7, 11) is 0. The van der Waals surface area contributed by atoms with E-state index in [-0.39, 0.29) is 31.0 Å². The number of carbonyl (C=O) groups excluding carboxylic acids is 2. The lowest BCUT2D eigenvalue weighted by Crippen LogP contribution is -2.16. The van der Waals surface area contributed by atoms with E-state index in [1.165, 1.54) is 10.6 Å². The van der Waals surface area contributed by atoms with Gasteiger partial charge in [0.25, 0.3) is 5.69 Å². The summed E-state index contributed by atoms with van der Waals surface area (Å²) in [5, 5.41) is 11.7. The number of nitro benzene ring substituents is 1. The van der Waals surface area contributed by atoms with Crippen LogP contribution < -0.4 is 0 Å². The molecule has 1 heterocycles. The zero-order valence-electron chi connectivity index (χ0n) is 11.4. The van der Waals surface area contributed by atoms with Gasteiger partial charge in [-0.3, -0.25) is 19.7 Å². The highest BCUT2D eigenvalue weighted by Gasteiger charge is 2.18. The van der Waals surface area contributed by atoms with Crippen molar-refractivity contribution < 1.29 is 19.2 Å². The highest BCUT2D eigenvalue weighted by atomic mass is 16.6. The van der Waals surface area contributed by atoms with Gasteiger partial charge >= 0.3 is 5.97 Å². The van der Waals surface area contributed by atoms with Gasteiger partial charge in [-0.15, -0.1) is 0 Å². The normalized spacial score (nSPS) is 10.5. The average Bonchev–Trinajstić information content (AvgIpc) is 2.81. The fourth-order valence-electron chi connectivity index (χ4n) is 2.14. The van der Waals surface area contributed by atoms with Crippen molar-refractivity contribution in [1.29, 1.82) is 0 Å². The molecule has 7 heteroatoms. The van der Waals surface area contributed by atoms with Crippen LogP contribution in [0.5, 0.6) is 0 Å². The van der Waals surface area contributed by atoms with Crippen LogP contribution in [0.1, 0.15) is 13.3 Å². The van der Waals surface area contributed by atoms with Gasteiger partial charge in [-0.2, -0.15) is 0 Å². The molecule has 0 atom stereocenters. The molecule has 7 nitrogen and oxygen atoms in total. The maximum absolute atomic E-state index is 11.8. The van der Waals surface area contributed by atoms with Crippen LogP contribution in [0.15, 0.2) is 30.5 Å². The molecule has 0 aliphatic rings. The minimum Gasteiger partial charge on any atom is -0.466 e. The quantitative estimate of drug-likeness (QED) is 0.351. The number of rotatable bonds is 6. The van der Waals surface area contributed by atoms with Gasteiger partial charge in [-0.25, -0.2) is 0 Å². The SMILES string of the molecule is CCOC(=O)CC(=O)Cn1ccc2cccc([N+](=O)[O-])c21. The summed E-state index contributed by atoms with van der Waals surface area (Å²) in [6.45, 7) is 1.77. The van der Waals surface area contributed by atoms with Crippen LogP contribution in [-0.4, -0.2) is 27.8 Å². The van der Waals surface area contributed by atoms with Gasteiger partial charge in [-0.05, 0) is 13.0 Å². The van der Waals surface area contributed by atoms with Gasteiger partial charge in [0.2, 0.25) is 0 Å². The van der Waals surface area contributed by atoms with Crippen molar-refractivity contribution >= 4 is 28.3 Å². The third-order valence-electron chi connectivity index (χ3n) is 2.96. The van der Waals surface area contributed by atoms with Gasteiger partial charge in [0.15, 0.2) is 5.78 Å². The summed E-state index contributed by atoms with van der Waals surface area (Å²) in [5.41, 5.74) is 0.307. The van der Waals surface area contributed by atoms with E-state index in [9.17, 15) is 19.7 Å². The molecule has 0 bridgehead atoms. The molecule has 1 aromatic heterocycles. The molecule has 0 aliphatic heterocycles. The summed E-state index contributed by atoms with van der Waals surface area (Å²) in [4.78, 5) is 33.6. The van der Waals surface area contributed by atoms with Gasteiger partial charge in [0, 0.05) is 17.6 Å². The lowest BCUT2D eigenvalue weighted by Gasteiger charge is -2.05. The molecule has 0 aliphatic carbocycles. The van der Waals surface area contributed by atoms with E-state index >= 15 is 0 Å². The number of ether oxygens (including phenoxy) is 1. The average molecular weight is 290 g/mol. The Balaban J connectivity index is 2.25. The number of carbonyl (C=O) groups is 2. The Kier molecular flexibility index (Phi) is 4.32. The lowest BCUT2D eigenvalue weighted by atomic mass is 10.2. The molecule has 0 unspecified atom stereocenters. The molecule has 21 heavy (non-hydrogen) atoms. The summed E-state index contributed by atoms with van der Waals surface area (Å²) >= 11 is 0. The number of hydrogen-bond donors (Lipinski definition) is 0. The molecule has 110 valence electrons. The minimum absolute atomic E-state index is 0.0681. The van der Waals surface area contributed by atoms with Crippen molar-refractivity contribution in [2.45, 2.75) is 19.9 Å². The molecule has 0 saturated heterocycles. The zero-order chi connectivity index (χ0) is 15.4. The second-order valence-corrected chi connectivity index (χ2v) is 4.44. The number of Topliss-reactive ketones (excluding diaryl/α,β-unsaturated/α-hetero) is 1. The number of aromatic nitrogens is 1. The Morgan fingerprint density at radius 2 is 2.10 bits per heavy atom. The molecule has 0 spiro atoms. The van der Waals surface area contributed by atoms with Crippen molar-refractivity contribution in [3.05, 3.63) is 40.6 Å². The van der Waals surface area contributed by atoms with Crippen LogP contribution in [0.2, 0.25) is 0 Å². The Bertz CT molecular complexity index is 704. The smallest absolute Gasteiger partial charge is 0.313 e. The second-order valence-electron chi connectivity index (χ2n) is 4.44. The first-order chi connectivity index (χ1) is 10.0. The first-order valence-corrected chi connectivity index (χ1v) is 6.42. The van der Waals surface area contributed by atoms with Crippen LogP contribution in [0.25, 0.3) is 10.9 Å². The molecule has 0 saturated carbocycles. The molecule has 2 aromatic rings. The molecule has 0 N–H and O–H groups in total. The number of ketones is 1. The van der Waals surface area contributed by atoms with E-state index in [2.05, 4.69) is 0 Å². The van der Waals surface area contributed by atoms with E-state index < -0.39 is 10.9 Å². The summed E-state index contributed by atoms with van der Waals surface area (Å²) in [6, 6.07) is 6.40. The molecule has 1 aromatic carbocycles. The number of nitro groups is 1. The predicted octanol–water partition coefficient (Wildman–Crippen LogP) is 2.07. The van der Waals surface area contributed by atoms with E-state index in [1.807, 2.05) is 0 Å². The first-order valence-electron chi connectivity index (χ1n) is 6.42. The standard InChI is InChI=1S/C14H14N2O5/c1-2-21-13(18)8-11(17)9-15-7-6-10-4-3-5-12(14(10)15)16(19)20/h3-7H,2,8-9H2,1H3. The van der Waals surface area contributed by atoms with Gasteiger partial charge in [0.1, 0.15) is 11.9 Å². The number of hydrogen-bond acceptors (Lipinski definition) is 5. The topological polar surface area (TPSA) is 91.4 Å². The van der Waals surface area contributed by atoms with Crippen molar-refractivity contribution in [3.8, 4) is 0 Å². The molecule has 0 amide bonds. The van der Waals surface area contributed by atoms with Crippen LogP contribution in [0.3, 0.4) is 0 Å². The lowest BCUT2D eigenvalue weighted by molar-refractivity contribution is -0.383. The van der Waals surface area contributed by atoms with Gasteiger partial charge in [-0.1, -0.05) is 12.1 Å². The van der Waals surface area contributed by atoms with E-state index in [0.717, 1.165) is 0 Å². The highest BCUT2D eigenvalue weighted by molar-refractivity contribution is 5.97. The largest absolute Gasteiger partial charge is 0.466 e. The summed E-state index contributed by atoms with van der Waals surface area (Å²) in [5.74, 6) is -0.947. The maximum atomic E-state index is 11.8. The third kappa shape index (κ3) is 3.25. The van der Waals surface area contributed by atoms with Gasteiger partial charge in [0.05, 0.1) is 18.1 Å². The molecule has 0 fully saturated rings. The maximum Gasteiger partial charge on any atom is 0.313 e. The molecular formula is C14H14N2O5.